The maximum Gasteiger partial charge on any atom is 0.288 e. The van der Waals surface area contributed by atoms with E-state index in [2.05, 4.69) is 40.1 Å². The Kier molecular flexibility index (Phi) is 5.70. The second kappa shape index (κ2) is 6.80. The summed E-state index contributed by atoms with van der Waals surface area (Å²) < 4.78 is 0.611. The van der Waals surface area contributed by atoms with Gasteiger partial charge in [0.05, 0.1) is 9.40 Å². The SMILES string of the molecule is CCSCC(C)Nc1ncc([N+](=O)[O-])cc1Br. The molecule has 1 aromatic rings. The first-order chi connectivity index (χ1) is 8.04. The van der Waals surface area contributed by atoms with Crippen LogP contribution in [0.3, 0.4) is 0 Å². The van der Waals surface area contributed by atoms with Gasteiger partial charge in [-0.2, -0.15) is 11.8 Å². The van der Waals surface area contributed by atoms with Crippen LogP contribution in [-0.4, -0.2) is 27.5 Å². The van der Waals surface area contributed by atoms with Gasteiger partial charge in [-0.25, -0.2) is 4.98 Å². The summed E-state index contributed by atoms with van der Waals surface area (Å²) >= 11 is 5.11. The number of rotatable bonds is 6. The minimum atomic E-state index is -0.460. The molecule has 1 N–H and O–H groups in total. The molecule has 0 spiro atoms. The predicted molar refractivity (Wildman–Crippen MR) is 74.7 cm³/mol. The predicted octanol–water partition coefficient (Wildman–Crippen LogP) is 3.31. The zero-order chi connectivity index (χ0) is 12.8. The molecule has 0 radical (unpaired) electrons. The minimum absolute atomic E-state index is 0.0157. The van der Waals surface area contributed by atoms with Crippen molar-refractivity contribution in [2.45, 2.75) is 19.9 Å². The van der Waals surface area contributed by atoms with Crippen molar-refractivity contribution in [2.24, 2.45) is 0 Å². The molecule has 0 aliphatic rings. The number of nitrogens with one attached hydrogen (secondary N) is 1. The number of nitrogens with zero attached hydrogens (tertiary/aromatic N) is 2. The quantitative estimate of drug-likeness (QED) is 0.643. The Morgan fingerprint density at radius 2 is 2.41 bits per heavy atom. The number of nitro groups is 1. The average molecular weight is 320 g/mol. The molecule has 1 rings (SSSR count). The summed E-state index contributed by atoms with van der Waals surface area (Å²) in [5.74, 6) is 2.68. The van der Waals surface area contributed by atoms with Crippen LogP contribution in [0.15, 0.2) is 16.7 Å². The van der Waals surface area contributed by atoms with Gasteiger partial charge in [-0.1, -0.05) is 6.92 Å². The Labute approximate surface area is 113 Å². The van der Waals surface area contributed by atoms with Gasteiger partial charge >= 0.3 is 0 Å². The molecule has 7 heteroatoms. The third-order valence-electron chi connectivity index (χ3n) is 1.99. The van der Waals surface area contributed by atoms with Crippen LogP contribution in [0.5, 0.6) is 0 Å². The Balaban J connectivity index is 2.69. The van der Waals surface area contributed by atoms with Crippen molar-refractivity contribution in [1.82, 2.24) is 4.98 Å². The number of aromatic nitrogens is 1. The highest BCUT2D eigenvalue weighted by Crippen LogP contribution is 2.25. The lowest BCUT2D eigenvalue weighted by Crippen LogP contribution is -2.19. The molecular weight excluding hydrogens is 306 g/mol. The molecule has 0 fully saturated rings. The van der Waals surface area contributed by atoms with E-state index in [-0.39, 0.29) is 11.7 Å². The summed E-state index contributed by atoms with van der Waals surface area (Å²) in [7, 11) is 0. The molecule has 0 aliphatic carbocycles. The first-order valence-electron chi connectivity index (χ1n) is 5.18. The Hall–Kier alpha value is -0.820. The zero-order valence-corrected chi connectivity index (χ0v) is 12.0. The van der Waals surface area contributed by atoms with Gasteiger partial charge in [0.25, 0.3) is 5.69 Å². The average Bonchev–Trinajstić information content (AvgIpc) is 2.28. The molecule has 0 amide bonds. The largest absolute Gasteiger partial charge is 0.366 e. The lowest BCUT2D eigenvalue weighted by Gasteiger charge is -2.14. The summed E-state index contributed by atoms with van der Waals surface area (Å²) in [6, 6.07) is 1.72. The second-order valence-corrected chi connectivity index (χ2v) is 5.66. The van der Waals surface area contributed by atoms with Gasteiger partial charge in [-0.3, -0.25) is 10.1 Å². The third-order valence-corrected chi connectivity index (χ3v) is 3.74. The first-order valence-corrected chi connectivity index (χ1v) is 7.13. The number of pyridine rings is 1. The van der Waals surface area contributed by atoms with E-state index in [1.807, 2.05) is 11.8 Å². The number of hydrogen-bond acceptors (Lipinski definition) is 5. The van der Waals surface area contributed by atoms with Crippen molar-refractivity contribution in [3.05, 3.63) is 26.9 Å². The van der Waals surface area contributed by atoms with E-state index in [0.29, 0.717) is 10.3 Å². The van der Waals surface area contributed by atoms with E-state index >= 15 is 0 Å². The Morgan fingerprint density at radius 3 is 2.94 bits per heavy atom. The van der Waals surface area contributed by atoms with Gasteiger partial charge in [-0.05, 0) is 28.6 Å². The molecule has 1 unspecified atom stereocenters. The van der Waals surface area contributed by atoms with E-state index in [0.717, 1.165) is 11.5 Å². The molecule has 1 atom stereocenters. The maximum absolute atomic E-state index is 10.5. The summed E-state index contributed by atoms with van der Waals surface area (Å²) in [5, 5.41) is 13.8. The van der Waals surface area contributed by atoms with Crippen LogP contribution in [-0.2, 0) is 0 Å². The van der Waals surface area contributed by atoms with Gasteiger partial charge in [0, 0.05) is 17.9 Å². The zero-order valence-electron chi connectivity index (χ0n) is 9.64. The molecule has 1 heterocycles. The molecule has 0 bridgehead atoms. The number of hydrogen-bond donors (Lipinski definition) is 1. The van der Waals surface area contributed by atoms with E-state index in [9.17, 15) is 10.1 Å². The minimum Gasteiger partial charge on any atom is -0.366 e. The monoisotopic (exact) mass is 319 g/mol. The van der Waals surface area contributed by atoms with Gasteiger partial charge < -0.3 is 5.32 Å². The van der Waals surface area contributed by atoms with Crippen LogP contribution < -0.4 is 5.32 Å². The number of anilines is 1. The first kappa shape index (κ1) is 14.2. The van der Waals surface area contributed by atoms with Crippen LogP contribution in [0.2, 0.25) is 0 Å². The lowest BCUT2D eigenvalue weighted by atomic mass is 10.3. The van der Waals surface area contributed by atoms with Crippen LogP contribution in [0.1, 0.15) is 13.8 Å². The molecule has 0 saturated heterocycles. The van der Waals surface area contributed by atoms with Crippen molar-refractivity contribution in [3.8, 4) is 0 Å². The second-order valence-electron chi connectivity index (χ2n) is 3.49. The smallest absolute Gasteiger partial charge is 0.288 e. The van der Waals surface area contributed by atoms with E-state index in [1.54, 1.807) is 0 Å². The van der Waals surface area contributed by atoms with Crippen molar-refractivity contribution < 1.29 is 4.92 Å². The molecule has 17 heavy (non-hydrogen) atoms. The topological polar surface area (TPSA) is 68.1 Å². The Bertz CT molecular complexity index is 403. The van der Waals surface area contributed by atoms with Crippen molar-refractivity contribution >= 4 is 39.2 Å². The number of thioether (sulfide) groups is 1. The summed E-state index contributed by atoms with van der Waals surface area (Å²) in [6.07, 6.45) is 1.26. The lowest BCUT2D eigenvalue weighted by molar-refractivity contribution is -0.385. The van der Waals surface area contributed by atoms with Crippen LogP contribution in [0.25, 0.3) is 0 Å². The fourth-order valence-corrected chi connectivity index (χ4v) is 2.33. The third kappa shape index (κ3) is 4.51. The van der Waals surface area contributed by atoms with Crippen LogP contribution in [0.4, 0.5) is 11.5 Å². The summed E-state index contributed by atoms with van der Waals surface area (Å²) in [4.78, 5) is 14.1. The van der Waals surface area contributed by atoms with E-state index in [1.165, 1.54) is 12.3 Å². The highest BCUT2D eigenvalue weighted by Gasteiger charge is 2.12. The normalized spacial score (nSPS) is 12.2. The standard InChI is InChI=1S/C10H14BrN3O2S/c1-3-17-6-7(2)13-10-9(11)4-8(5-12-10)14(15)16/h4-5,7H,3,6H2,1-2H3,(H,12,13). The van der Waals surface area contributed by atoms with Crippen LogP contribution >= 0.6 is 27.7 Å². The highest BCUT2D eigenvalue weighted by molar-refractivity contribution is 9.10. The maximum atomic E-state index is 10.5. The molecular formula is C10H14BrN3O2S. The molecule has 0 saturated carbocycles. The van der Waals surface area contributed by atoms with Gasteiger partial charge in [0.15, 0.2) is 0 Å². The van der Waals surface area contributed by atoms with Gasteiger partial charge in [-0.15, -0.1) is 0 Å². The van der Waals surface area contributed by atoms with Crippen molar-refractivity contribution in [2.75, 3.05) is 16.8 Å². The van der Waals surface area contributed by atoms with Crippen LogP contribution in [0, 0.1) is 10.1 Å². The van der Waals surface area contributed by atoms with Crippen molar-refractivity contribution in [1.29, 1.82) is 0 Å². The molecule has 5 nitrogen and oxygen atoms in total. The summed E-state index contributed by atoms with van der Waals surface area (Å²) in [5.41, 5.74) is -0.0157. The fourth-order valence-electron chi connectivity index (χ4n) is 1.20. The molecule has 0 aliphatic heterocycles. The highest BCUT2D eigenvalue weighted by atomic mass is 79.9. The summed E-state index contributed by atoms with van der Waals surface area (Å²) in [6.45, 7) is 4.16. The van der Waals surface area contributed by atoms with E-state index < -0.39 is 4.92 Å². The molecule has 0 aromatic carbocycles. The Morgan fingerprint density at radius 1 is 1.71 bits per heavy atom. The van der Waals surface area contributed by atoms with Gasteiger partial charge in [0.1, 0.15) is 12.0 Å². The number of halogens is 1. The molecule has 1 aromatic heterocycles. The van der Waals surface area contributed by atoms with Gasteiger partial charge in [0.2, 0.25) is 0 Å². The fraction of sp³-hybridized carbons (Fsp3) is 0.500. The van der Waals surface area contributed by atoms with Crippen molar-refractivity contribution in [3.63, 3.8) is 0 Å². The molecule has 94 valence electrons. The van der Waals surface area contributed by atoms with E-state index in [4.69, 9.17) is 0 Å².